The van der Waals surface area contributed by atoms with Gasteiger partial charge in [-0.15, -0.1) is 0 Å². The summed E-state index contributed by atoms with van der Waals surface area (Å²) in [6, 6.07) is 24.7. The van der Waals surface area contributed by atoms with E-state index in [0.29, 0.717) is 6.42 Å². The first-order chi connectivity index (χ1) is 17.1. The third-order valence-corrected chi connectivity index (χ3v) is 7.24. The van der Waals surface area contributed by atoms with Gasteiger partial charge in [-0.05, 0) is 61.7 Å². The molecule has 0 fully saturated rings. The SMILES string of the molecule is CCN(CC)c1ccc(C2Nc3ccccc3NC3=C2C(=O)CC(c2ccccc2OC)C3)cc1. The lowest BCUT2D eigenvalue weighted by Crippen LogP contribution is -2.27. The molecule has 2 unspecified atom stereocenters. The summed E-state index contributed by atoms with van der Waals surface area (Å²) in [7, 11) is 1.69. The third-order valence-electron chi connectivity index (χ3n) is 7.24. The van der Waals surface area contributed by atoms with Crippen LogP contribution in [0.1, 0.15) is 49.8 Å². The fraction of sp³-hybridized carbons (Fsp3) is 0.300. The molecule has 5 heteroatoms. The molecule has 1 aliphatic heterocycles. The summed E-state index contributed by atoms with van der Waals surface area (Å²) in [6.07, 6.45) is 1.22. The van der Waals surface area contributed by atoms with E-state index in [2.05, 4.69) is 71.8 Å². The number of hydrogen-bond donors (Lipinski definition) is 2. The molecular formula is C30H33N3O2. The second-order valence-corrected chi connectivity index (χ2v) is 9.17. The van der Waals surface area contributed by atoms with Crippen LogP contribution in [0.5, 0.6) is 5.75 Å². The molecule has 1 aliphatic carbocycles. The Bertz CT molecular complexity index is 1240. The van der Waals surface area contributed by atoms with Crippen molar-refractivity contribution in [3.63, 3.8) is 0 Å². The van der Waals surface area contributed by atoms with Crippen LogP contribution in [0.2, 0.25) is 0 Å². The van der Waals surface area contributed by atoms with Gasteiger partial charge < -0.3 is 20.3 Å². The van der Waals surface area contributed by atoms with Gasteiger partial charge in [0.25, 0.3) is 0 Å². The Labute approximate surface area is 207 Å². The Balaban J connectivity index is 1.56. The van der Waals surface area contributed by atoms with Crippen LogP contribution in [-0.4, -0.2) is 26.0 Å². The van der Waals surface area contributed by atoms with Crippen LogP contribution in [0.25, 0.3) is 0 Å². The average molecular weight is 468 g/mol. The van der Waals surface area contributed by atoms with Crippen molar-refractivity contribution in [2.75, 3.05) is 35.7 Å². The molecule has 2 atom stereocenters. The Kier molecular flexibility index (Phi) is 6.49. The lowest BCUT2D eigenvalue weighted by molar-refractivity contribution is -0.116. The standard InChI is InChI=1S/C30H33N3O2/c1-4-33(5-2)22-16-14-20(15-17-22)30-29-26(31-24-11-7-8-12-25(24)32-30)18-21(19-27(29)34)23-10-6-9-13-28(23)35-3/h6-17,21,30-32H,4-5,18-19H2,1-3H3. The van der Waals surface area contributed by atoms with Crippen molar-refractivity contribution in [1.82, 2.24) is 0 Å². The van der Waals surface area contributed by atoms with Crippen molar-refractivity contribution in [3.05, 3.63) is 95.2 Å². The van der Waals surface area contributed by atoms with Gasteiger partial charge in [-0.25, -0.2) is 0 Å². The summed E-state index contributed by atoms with van der Waals surface area (Å²) in [6.45, 7) is 6.27. The first-order valence-electron chi connectivity index (χ1n) is 12.5. The number of fused-ring (bicyclic) bond motifs is 1. The summed E-state index contributed by atoms with van der Waals surface area (Å²) in [5, 5.41) is 7.30. The fourth-order valence-electron chi connectivity index (χ4n) is 5.43. The van der Waals surface area contributed by atoms with E-state index in [1.165, 1.54) is 5.69 Å². The number of nitrogens with one attached hydrogen (secondary N) is 2. The number of ketones is 1. The van der Waals surface area contributed by atoms with Gasteiger partial charge in [0.15, 0.2) is 5.78 Å². The Hall–Kier alpha value is -3.73. The smallest absolute Gasteiger partial charge is 0.163 e. The number of carbonyl (C=O) groups excluding carboxylic acids is 1. The highest BCUT2D eigenvalue weighted by Gasteiger charge is 2.36. The number of methoxy groups -OCH3 is 1. The van der Waals surface area contributed by atoms with Gasteiger partial charge in [-0.2, -0.15) is 0 Å². The van der Waals surface area contributed by atoms with E-state index >= 15 is 0 Å². The number of carbonyl (C=O) groups is 1. The fourth-order valence-corrected chi connectivity index (χ4v) is 5.43. The molecule has 0 bridgehead atoms. The number of nitrogens with zero attached hydrogens (tertiary/aromatic N) is 1. The van der Waals surface area contributed by atoms with E-state index in [1.54, 1.807) is 7.11 Å². The largest absolute Gasteiger partial charge is 0.496 e. The number of hydrogen-bond acceptors (Lipinski definition) is 5. The van der Waals surface area contributed by atoms with Crippen LogP contribution in [0.3, 0.4) is 0 Å². The molecule has 5 nitrogen and oxygen atoms in total. The predicted octanol–water partition coefficient (Wildman–Crippen LogP) is 6.52. The zero-order chi connectivity index (χ0) is 24.4. The molecule has 0 spiro atoms. The van der Waals surface area contributed by atoms with Gasteiger partial charge in [-0.3, -0.25) is 4.79 Å². The van der Waals surface area contributed by atoms with Gasteiger partial charge in [0, 0.05) is 42.4 Å². The summed E-state index contributed by atoms with van der Waals surface area (Å²) < 4.78 is 5.63. The van der Waals surface area contributed by atoms with Crippen molar-refractivity contribution in [2.45, 2.75) is 38.6 Å². The van der Waals surface area contributed by atoms with E-state index in [-0.39, 0.29) is 17.7 Å². The highest BCUT2D eigenvalue weighted by Crippen LogP contribution is 2.45. The van der Waals surface area contributed by atoms with Crippen LogP contribution < -0.4 is 20.3 Å². The van der Waals surface area contributed by atoms with Crippen LogP contribution in [-0.2, 0) is 4.79 Å². The summed E-state index contributed by atoms with van der Waals surface area (Å²) in [5.74, 6) is 1.08. The molecule has 0 radical (unpaired) electrons. The molecule has 2 N–H and O–H groups in total. The predicted molar refractivity (Wildman–Crippen MR) is 143 cm³/mol. The second kappa shape index (κ2) is 9.87. The minimum atomic E-state index is -0.210. The molecule has 3 aromatic carbocycles. The molecule has 1 heterocycles. The molecule has 180 valence electrons. The van der Waals surface area contributed by atoms with Crippen molar-refractivity contribution in [3.8, 4) is 5.75 Å². The quantitative estimate of drug-likeness (QED) is 0.432. The maximum Gasteiger partial charge on any atom is 0.163 e. The number of rotatable bonds is 6. The van der Waals surface area contributed by atoms with E-state index in [9.17, 15) is 4.79 Å². The topological polar surface area (TPSA) is 53.6 Å². The number of ether oxygens (including phenoxy) is 1. The van der Waals surface area contributed by atoms with Gasteiger partial charge >= 0.3 is 0 Å². The molecule has 0 amide bonds. The first kappa shape index (κ1) is 23.0. The van der Waals surface area contributed by atoms with Crippen molar-refractivity contribution in [2.24, 2.45) is 0 Å². The minimum absolute atomic E-state index is 0.0702. The molecular weight excluding hydrogens is 434 g/mol. The zero-order valence-electron chi connectivity index (χ0n) is 20.7. The number of allylic oxidation sites excluding steroid dienone is 1. The average Bonchev–Trinajstić information content (AvgIpc) is 3.06. The summed E-state index contributed by atoms with van der Waals surface area (Å²) in [4.78, 5) is 16.1. The number of benzene rings is 3. The summed E-state index contributed by atoms with van der Waals surface area (Å²) in [5.41, 5.74) is 7.21. The van der Waals surface area contributed by atoms with Crippen LogP contribution >= 0.6 is 0 Å². The normalized spacial score (nSPS) is 19.1. The Morgan fingerprint density at radius 1 is 0.886 bits per heavy atom. The van der Waals surface area contributed by atoms with Crippen molar-refractivity contribution >= 4 is 22.8 Å². The van der Waals surface area contributed by atoms with Crippen molar-refractivity contribution in [1.29, 1.82) is 0 Å². The molecule has 35 heavy (non-hydrogen) atoms. The Morgan fingerprint density at radius 3 is 2.29 bits per heavy atom. The van der Waals surface area contributed by atoms with Gasteiger partial charge in [-0.1, -0.05) is 42.5 Å². The molecule has 0 saturated heterocycles. The zero-order valence-corrected chi connectivity index (χ0v) is 20.7. The van der Waals surface area contributed by atoms with Crippen LogP contribution in [0.4, 0.5) is 17.1 Å². The van der Waals surface area contributed by atoms with E-state index in [1.807, 2.05) is 30.3 Å². The minimum Gasteiger partial charge on any atom is -0.496 e. The van der Waals surface area contributed by atoms with E-state index in [4.69, 9.17) is 4.74 Å². The van der Waals surface area contributed by atoms with Gasteiger partial charge in [0.05, 0.1) is 24.5 Å². The lowest BCUT2D eigenvalue weighted by Gasteiger charge is -2.30. The molecule has 0 aromatic heterocycles. The van der Waals surface area contributed by atoms with Crippen molar-refractivity contribution < 1.29 is 9.53 Å². The third kappa shape index (κ3) is 4.39. The highest BCUT2D eigenvalue weighted by atomic mass is 16.5. The van der Waals surface area contributed by atoms with Gasteiger partial charge in [0.1, 0.15) is 5.75 Å². The molecule has 3 aromatic rings. The van der Waals surface area contributed by atoms with E-state index in [0.717, 1.165) is 59.0 Å². The Morgan fingerprint density at radius 2 is 1.57 bits per heavy atom. The lowest BCUT2D eigenvalue weighted by atomic mass is 9.78. The van der Waals surface area contributed by atoms with Crippen LogP contribution in [0.15, 0.2) is 84.1 Å². The molecule has 5 rings (SSSR count). The van der Waals surface area contributed by atoms with Crippen LogP contribution in [0, 0.1) is 0 Å². The first-order valence-corrected chi connectivity index (χ1v) is 12.5. The second-order valence-electron chi connectivity index (χ2n) is 9.17. The number of anilines is 3. The maximum absolute atomic E-state index is 13.8. The van der Waals surface area contributed by atoms with Gasteiger partial charge in [0.2, 0.25) is 0 Å². The monoisotopic (exact) mass is 467 g/mol. The highest BCUT2D eigenvalue weighted by molar-refractivity contribution is 6.01. The molecule has 2 aliphatic rings. The van der Waals surface area contributed by atoms with E-state index < -0.39 is 0 Å². The molecule has 0 saturated carbocycles. The summed E-state index contributed by atoms with van der Waals surface area (Å²) >= 11 is 0. The maximum atomic E-state index is 13.8. The number of para-hydroxylation sites is 3. The number of Topliss-reactive ketones (excluding diaryl/α,β-unsaturated/α-hetero) is 1.